The molecule has 3 heterocycles. The Labute approximate surface area is 155 Å². The molecule has 0 spiro atoms. The topological polar surface area (TPSA) is 65.8 Å². The third-order valence-corrected chi connectivity index (χ3v) is 6.46. The van der Waals surface area contributed by atoms with E-state index in [1.54, 1.807) is 6.07 Å². The summed E-state index contributed by atoms with van der Waals surface area (Å²) in [6, 6.07) is 4.03. The molecule has 7 heteroatoms. The zero-order valence-electron chi connectivity index (χ0n) is 15.2. The predicted octanol–water partition coefficient (Wildman–Crippen LogP) is 2.46. The fourth-order valence-corrected chi connectivity index (χ4v) is 4.72. The highest BCUT2D eigenvalue weighted by Crippen LogP contribution is 2.39. The second-order valence-corrected chi connectivity index (χ2v) is 8.09. The van der Waals surface area contributed by atoms with Crippen molar-refractivity contribution in [3.63, 3.8) is 0 Å². The Morgan fingerprint density at radius 3 is 2.33 bits per heavy atom. The molecular formula is C20H22FN3O3. The zero-order valence-corrected chi connectivity index (χ0v) is 15.2. The molecule has 0 radical (unpaired) electrons. The smallest absolute Gasteiger partial charge is 0.341 e. The van der Waals surface area contributed by atoms with Gasteiger partial charge in [-0.15, -0.1) is 0 Å². The van der Waals surface area contributed by atoms with Crippen molar-refractivity contribution >= 4 is 22.6 Å². The first-order chi connectivity index (χ1) is 12.9. The number of aromatic nitrogens is 1. The Morgan fingerprint density at radius 2 is 1.74 bits per heavy atom. The van der Waals surface area contributed by atoms with Crippen molar-refractivity contribution in [1.82, 2.24) is 9.47 Å². The molecule has 1 aromatic carbocycles. The highest BCUT2D eigenvalue weighted by atomic mass is 19.1. The summed E-state index contributed by atoms with van der Waals surface area (Å²) in [5.41, 5.74) is 0.247. The Hall–Kier alpha value is -2.41. The maximum Gasteiger partial charge on any atom is 0.341 e. The molecule has 1 saturated carbocycles. The van der Waals surface area contributed by atoms with Crippen molar-refractivity contribution < 1.29 is 14.3 Å². The normalized spacial score (nSPS) is 25.3. The fourth-order valence-electron chi connectivity index (χ4n) is 4.72. The first-order valence-corrected chi connectivity index (χ1v) is 9.52. The minimum absolute atomic E-state index is 0.153. The summed E-state index contributed by atoms with van der Waals surface area (Å²) in [5, 5.41) is 9.50. The Balaban J connectivity index is 1.66. The number of carboxylic acids is 1. The summed E-state index contributed by atoms with van der Waals surface area (Å²) in [4.78, 5) is 28.5. The van der Waals surface area contributed by atoms with Gasteiger partial charge in [0.25, 0.3) is 0 Å². The lowest BCUT2D eigenvalue weighted by Gasteiger charge is -2.40. The lowest BCUT2D eigenvalue weighted by Crippen LogP contribution is -2.52. The molecule has 5 rings (SSSR count). The van der Waals surface area contributed by atoms with Crippen LogP contribution in [0.5, 0.6) is 0 Å². The number of benzene rings is 1. The van der Waals surface area contributed by atoms with Gasteiger partial charge < -0.3 is 14.6 Å². The van der Waals surface area contributed by atoms with Crippen LogP contribution in [0, 0.1) is 5.82 Å². The average Bonchev–Trinajstić information content (AvgIpc) is 3.44. The number of carboxylic acid groups (broad SMARTS) is 1. The standard InChI is InChI=1S/C20H22FN3O3/c1-22-12-4-5-13(22)9-23(8-12)18-7-17-14(6-16(18)21)19(25)15(20(26)27)10-24(17)11-2-3-11/h6-7,10-13H,2-5,8-9H2,1H3,(H,26,27)/t12-,13?/m0/s1. The number of piperazine rings is 1. The molecule has 1 aliphatic carbocycles. The van der Waals surface area contributed by atoms with Crippen LogP contribution in [0.1, 0.15) is 42.1 Å². The van der Waals surface area contributed by atoms with Crippen LogP contribution in [0.25, 0.3) is 10.9 Å². The summed E-state index contributed by atoms with van der Waals surface area (Å²) in [6.07, 6.45) is 5.58. The maximum atomic E-state index is 15.0. The van der Waals surface area contributed by atoms with Gasteiger partial charge in [0.15, 0.2) is 0 Å². The molecule has 2 bridgehead atoms. The number of rotatable bonds is 3. The molecule has 6 nitrogen and oxygen atoms in total. The number of halogens is 1. The van der Waals surface area contributed by atoms with Crippen molar-refractivity contribution in [2.75, 3.05) is 25.0 Å². The highest BCUT2D eigenvalue weighted by molar-refractivity contribution is 5.93. The highest BCUT2D eigenvalue weighted by Gasteiger charge is 2.38. The molecule has 1 unspecified atom stereocenters. The third kappa shape index (κ3) is 2.56. The lowest BCUT2D eigenvalue weighted by molar-refractivity contribution is 0.0695. The molecule has 2 saturated heterocycles. The maximum absolute atomic E-state index is 15.0. The summed E-state index contributed by atoms with van der Waals surface area (Å²) in [6.45, 7) is 1.55. The number of hydrogen-bond acceptors (Lipinski definition) is 4. The van der Waals surface area contributed by atoms with E-state index in [4.69, 9.17) is 0 Å². The zero-order chi connectivity index (χ0) is 18.9. The van der Waals surface area contributed by atoms with Crippen LogP contribution in [-0.4, -0.2) is 52.8 Å². The number of fused-ring (bicyclic) bond motifs is 3. The van der Waals surface area contributed by atoms with Gasteiger partial charge >= 0.3 is 5.97 Å². The SMILES string of the molecule is CN1C2CC[C@H]1CN(c1cc3c(cc1F)c(=O)c(C(=O)O)cn3C1CC1)C2. The van der Waals surface area contributed by atoms with Crippen LogP contribution in [0.4, 0.5) is 10.1 Å². The monoisotopic (exact) mass is 371 g/mol. The van der Waals surface area contributed by atoms with Crippen molar-refractivity contribution in [2.45, 2.75) is 43.8 Å². The van der Waals surface area contributed by atoms with E-state index in [0.29, 0.717) is 23.3 Å². The molecule has 1 aromatic heterocycles. The number of nitrogens with zero attached hydrogens (tertiary/aromatic N) is 3. The van der Waals surface area contributed by atoms with Crippen molar-refractivity contribution in [3.05, 3.63) is 39.9 Å². The lowest BCUT2D eigenvalue weighted by atomic mass is 10.1. The second kappa shape index (κ2) is 5.79. The van der Waals surface area contributed by atoms with Gasteiger partial charge in [-0.25, -0.2) is 9.18 Å². The third-order valence-electron chi connectivity index (χ3n) is 6.46. The number of likely N-dealkylation sites (N-methyl/N-ethyl adjacent to an activating group) is 1. The molecule has 1 N–H and O–H groups in total. The summed E-state index contributed by atoms with van der Waals surface area (Å²) in [7, 11) is 2.13. The molecule has 142 valence electrons. The molecule has 2 aromatic rings. The van der Waals surface area contributed by atoms with Crippen molar-refractivity contribution in [3.8, 4) is 0 Å². The van der Waals surface area contributed by atoms with Crippen molar-refractivity contribution in [2.24, 2.45) is 0 Å². The van der Waals surface area contributed by atoms with E-state index in [-0.39, 0.29) is 17.0 Å². The Kier molecular flexibility index (Phi) is 3.59. The molecule has 3 aliphatic rings. The van der Waals surface area contributed by atoms with Crippen LogP contribution in [0.3, 0.4) is 0 Å². The van der Waals surface area contributed by atoms with Gasteiger partial charge in [-0.3, -0.25) is 9.69 Å². The largest absolute Gasteiger partial charge is 0.477 e. The molecule has 2 atom stereocenters. The van der Waals surface area contributed by atoms with Gasteiger partial charge in [0.05, 0.1) is 11.2 Å². The first kappa shape index (κ1) is 16.7. The van der Waals surface area contributed by atoms with Gasteiger partial charge in [-0.2, -0.15) is 0 Å². The predicted molar refractivity (Wildman–Crippen MR) is 100 cm³/mol. The number of anilines is 1. The molecule has 27 heavy (non-hydrogen) atoms. The number of hydrogen-bond donors (Lipinski definition) is 1. The van der Waals surface area contributed by atoms with Gasteiger partial charge in [0.1, 0.15) is 11.4 Å². The van der Waals surface area contributed by atoms with Crippen LogP contribution < -0.4 is 10.3 Å². The van der Waals surface area contributed by atoms with Crippen LogP contribution in [0.15, 0.2) is 23.1 Å². The van der Waals surface area contributed by atoms with E-state index in [9.17, 15) is 19.1 Å². The van der Waals surface area contributed by atoms with E-state index in [1.807, 2.05) is 4.57 Å². The van der Waals surface area contributed by atoms with Crippen LogP contribution in [0.2, 0.25) is 0 Å². The number of carbonyl (C=O) groups is 1. The van der Waals surface area contributed by atoms with Gasteiger partial charge in [0, 0.05) is 42.8 Å². The second-order valence-electron chi connectivity index (χ2n) is 8.09. The molecule has 0 amide bonds. The average molecular weight is 371 g/mol. The van der Waals surface area contributed by atoms with Crippen LogP contribution >= 0.6 is 0 Å². The van der Waals surface area contributed by atoms with E-state index in [0.717, 1.165) is 38.8 Å². The van der Waals surface area contributed by atoms with Gasteiger partial charge in [-0.1, -0.05) is 0 Å². The van der Waals surface area contributed by atoms with E-state index >= 15 is 0 Å². The minimum Gasteiger partial charge on any atom is -0.477 e. The Morgan fingerprint density at radius 1 is 1.11 bits per heavy atom. The summed E-state index contributed by atoms with van der Waals surface area (Å²) >= 11 is 0. The fraction of sp³-hybridized carbons (Fsp3) is 0.500. The summed E-state index contributed by atoms with van der Waals surface area (Å²) in [5.74, 6) is -1.72. The summed E-state index contributed by atoms with van der Waals surface area (Å²) < 4.78 is 16.8. The number of aromatic carboxylic acids is 1. The van der Waals surface area contributed by atoms with Crippen molar-refractivity contribution in [1.29, 1.82) is 0 Å². The quantitative estimate of drug-likeness (QED) is 0.898. The molecule has 2 aliphatic heterocycles. The number of pyridine rings is 1. The molecule has 3 fully saturated rings. The van der Waals surface area contributed by atoms with Gasteiger partial charge in [-0.05, 0) is 44.9 Å². The minimum atomic E-state index is -1.27. The van der Waals surface area contributed by atoms with E-state index in [1.165, 1.54) is 12.3 Å². The van der Waals surface area contributed by atoms with E-state index in [2.05, 4.69) is 16.8 Å². The first-order valence-electron chi connectivity index (χ1n) is 9.52. The van der Waals surface area contributed by atoms with Gasteiger partial charge in [0.2, 0.25) is 5.43 Å². The van der Waals surface area contributed by atoms with E-state index < -0.39 is 17.2 Å². The van der Waals surface area contributed by atoms with Crippen LogP contribution in [-0.2, 0) is 0 Å². The Bertz CT molecular complexity index is 1000. The molecular weight excluding hydrogens is 349 g/mol.